The molecule has 1 unspecified atom stereocenters. The molecule has 0 bridgehead atoms. The zero-order valence-electron chi connectivity index (χ0n) is 15.2. The van der Waals surface area contributed by atoms with Gasteiger partial charge in [-0.2, -0.15) is 0 Å². The largest absolute Gasteiger partial charge is 0.469 e. The molecule has 0 spiro atoms. The van der Waals surface area contributed by atoms with Gasteiger partial charge in [-0.15, -0.1) is 6.58 Å². The van der Waals surface area contributed by atoms with Gasteiger partial charge in [-0.25, -0.2) is 0 Å². The molecule has 0 radical (unpaired) electrons. The Morgan fingerprint density at radius 3 is 2.92 bits per heavy atom. The summed E-state index contributed by atoms with van der Waals surface area (Å²) in [6.07, 6.45) is 6.67. The van der Waals surface area contributed by atoms with Crippen molar-refractivity contribution in [2.45, 2.75) is 25.3 Å². The van der Waals surface area contributed by atoms with Crippen LogP contribution >= 0.6 is 0 Å². The van der Waals surface area contributed by atoms with Crippen LogP contribution in [0.4, 0.5) is 5.69 Å². The van der Waals surface area contributed by atoms with E-state index in [1.165, 1.54) is 12.1 Å². The molecule has 5 nitrogen and oxygen atoms in total. The third kappa shape index (κ3) is 5.41. The topological polar surface area (TPSA) is 52.8 Å². The van der Waals surface area contributed by atoms with Gasteiger partial charge in [0.1, 0.15) is 5.76 Å². The van der Waals surface area contributed by atoms with Gasteiger partial charge in [-0.05, 0) is 37.1 Å². The van der Waals surface area contributed by atoms with Crippen LogP contribution in [0.3, 0.4) is 0 Å². The van der Waals surface area contributed by atoms with Crippen LogP contribution < -0.4 is 15.5 Å². The van der Waals surface area contributed by atoms with Gasteiger partial charge >= 0.3 is 0 Å². The summed E-state index contributed by atoms with van der Waals surface area (Å²) in [7, 11) is 0. The van der Waals surface area contributed by atoms with Crippen LogP contribution in [-0.4, -0.2) is 38.2 Å². The Labute approximate surface area is 155 Å². The molecule has 1 aliphatic heterocycles. The van der Waals surface area contributed by atoms with Crippen molar-refractivity contribution >= 4 is 11.6 Å². The lowest BCUT2D eigenvalue weighted by atomic mass is 10.1. The second-order valence-electron chi connectivity index (χ2n) is 6.49. The summed E-state index contributed by atoms with van der Waals surface area (Å²) >= 11 is 0. The van der Waals surface area contributed by atoms with Crippen LogP contribution in [0.5, 0.6) is 0 Å². The normalized spacial score (nSPS) is 17.8. The van der Waals surface area contributed by atoms with E-state index >= 15 is 0 Å². The first-order chi connectivity index (χ1) is 12.8. The fourth-order valence-corrected chi connectivity index (χ4v) is 3.22. The minimum atomic E-state index is 0.378. The quantitative estimate of drug-likeness (QED) is 0.456. The number of guanidine groups is 1. The maximum absolute atomic E-state index is 5.38. The van der Waals surface area contributed by atoms with Crippen molar-refractivity contribution in [1.29, 1.82) is 0 Å². The van der Waals surface area contributed by atoms with Gasteiger partial charge in [-0.1, -0.05) is 24.3 Å². The third-order valence-electron chi connectivity index (χ3n) is 4.51. The van der Waals surface area contributed by atoms with E-state index < -0.39 is 0 Å². The van der Waals surface area contributed by atoms with Gasteiger partial charge in [0.05, 0.1) is 6.26 Å². The Hall–Kier alpha value is -2.69. The minimum Gasteiger partial charge on any atom is -0.469 e. The van der Waals surface area contributed by atoms with E-state index in [-0.39, 0.29) is 0 Å². The maximum atomic E-state index is 5.38. The summed E-state index contributed by atoms with van der Waals surface area (Å²) in [5, 5.41) is 6.91. The monoisotopic (exact) mass is 352 g/mol. The Kier molecular flexibility index (Phi) is 6.76. The van der Waals surface area contributed by atoms with E-state index in [1.807, 2.05) is 18.2 Å². The summed E-state index contributed by atoms with van der Waals surface area (Å²) in [5.74, 6) is 1.81. The van der Waals surface area contributed by atoms with Gasteiger partial charge in [0.25, 0.3) is 0 Å². The summed E-state index contributed by atoms with van der Waals surface area (Å²) in [6.45, 7) is 7.26. The van der Waals surface area contributed by atoms with Gasteiger partial charge in [0.2, 0.25) is 0 Å². The van der Waals surface area contributed by atoms with Crippen molar-refractivity contribution in [3.8, 4) is 0 Å². The molecule has 1 aromatic heterocycles. The van der Waals surface area contributed by atoms with Crippen LogP contribution in [-0.2, 0) is 6.42 Å². The minimum absolute atomic E-state index is 0.378. The molecule has 0 aliphatic carbocycles. The van der Waals surface area contributed by atoms with E-state index in [4.69, 9.17) is 9.41 Å². The molecule has 2 heterocycles. The van der Waals surface area contributed by atoms with Crippen molar-refractivity contribution in [2.24, 2.45) is 4.99 Å². The SMILES string of the molecule is C=CCNC(=NCCc1ccco1)NC1CCCN(c2ccccc2)C1. The predicted molar refractivity (Wildman–Crippen MR) is 108 cm³/mol. The molecule has 1 aromatic carbocycles. The van der Waals surface area contributed by atoms with Gasteiger partial charge in [0, 0.05) is 44.3 Å². The Bertz CT molecular complexity index is 681. The number of rotatable bonds is 7. The Morgan fingerprint density at radius 1 is 1.27 bits per heavy atom. The van der Waals surface area contributed by atoms with Crippen LogP contribution in [0, 0.1) is 0 Å². The molecule has 1 saturated heterocycles. The lowest BCUT2D eigenvalue weighted by molar-refractivity contribution is 0.468. The lowest BCUT2D eigenvalue weighted by Crippen LogP contribution is -2.51. The van der Waals surface area contributed by atoms with Gasteiger partial charge < -0.3 is 20.0 Å². The molecule has 1 atom stereocenters. The highest BCUT2D eigenvalue weighted by molar-refractivity contribution is 5.80. The Balaban J connectivity index is 1.57. The third-order valence-corrected chi connectivity index (χ3v) is 4.51. The molecular formula is C21H28N4O. The van der Waals surface area contributed by atoms with Gasteiger partial charge in [-0.3, -0.25) is 4.99 Å². The summed E-state index contributed by atoms with van der Waals surface area (Å²) in [5.41, 5.74) is 1.29. The number of benzene rings is 1. The number of aliphatic imine (C=N–C) groups is 1. The number of nitrogens with zero attached hydrogens (tertiary/aromatic N) is 2. The second kappa shape index (κ2) is 9.70. The van der Waals surface area contributed by atoms with E-state index in [9.17, 15) is 0 Å². The maximum Gasteiger partial charge on any atom is 0.191 e. The second-order valence-corrected chi connectivity index (χ2v) is 6.49. The first kappa shape index (κ1) is 18.1. The molecule has 26 heavy (non-hydrogen) atoms. The summed E-state index contributed by atoms with van der Waals surface area (Å²) in [6, 6.07) is 14.9. The first-order valence-corrected chi connectivity index (χ1v) is 9.33. The summed E-state index contributed by atoms with van der Waals surface area (Å²) in [4.78, 5) is 7.14. The van der Waals surface area contributed by atoms with E-state index in [0.717, 1.165) is 37.7 Å². The van der Waals surface area contributed by atoms with Crippen molar-refractivity contribution < 1.29 is 4.42 Å². The van der Waals surface area contributed by atoms with Crippen LogP contribution in [0.1, 0.15) is 18.6 Å². The Morgan fingerprint density at radius 2 is 2.15 bits per heavy atom. The van der Waals surface area contributed by atoms with Crippen LogP contribution in [0.15, 0.2) is 70.8 Å². The molecule has 2 aromatic rings. The molecule has 1 fully saturated rings. The molecule has 138 valence electrons. The van der Waals surface area contributed by atoms with Crippen molar-refractivity contribution in [1.82, 2.24) is 10.6 Å². The first-order valence-electron chi connectivity index (χ1n) is 9.33. The fraction of sp³-hybridized carbons (Fsp3) is 0.381. The van der Waals surface area contributed by atoms with E-state index in [2.05, 4.69) is 52.4 Å². The highest BCUT2D eigenvalue weighted by atomic mass is 16.3. The fourth-order valence-electron chi connectivity index (χ4n) is 3.22. The predicted octanol–water partition coefficient (Wildman–Crippen LogP) is 3.21. The van der Waals surface area contributed by atoms with Crippen molar-refractivity contribution in [3.05, 3.63) is 67.1 Å². The highest BCUT2D eigenvalue weighted by Crippen LogP contribution is 2.19. The molecule has 0 saturated carbocycles. The molecular weight excluding hydrogens is 324 g/mol. The van der Waals surface area contributed by atoms with Gasteiger partial charge in [0.15, 0.2) is 5.96 Å². The number of piperidine rings is 1. The van der Waals surface area contributed by atoms with Crippen LogP contribution in [0.2, 0.25) is 0 Å². The zero-order valence-corrected chi connectivity index (χ0v) is 15.2. The van der Waals surface area contributed by atoms with Crippen LogP contribution in [0.25, 0.3) is 0 Å². The average Bonchev–Trinajstić information content (AvgIpc) is 3.20. The van der Waals surface area contributed by atoms with Crippen molar-refractivity contribution in [3.63, 3.8) is 0 Å². The van der Waals surface area contributed by atoms with E-state index in [1.54, 1.807) is 6.26 Å². The number of hydrogen-bond donors (Lipinski definition) is 2. The number of nitrogens with one attached hydrogen (secondary N) is 2. The smallest absolute Gasteiger partial charge is 0.191 e. The zero-order chi connectivity index (χ0) is 18.0. The molecule has 2 N–H and O–H groups in total. The van der Waals surface area contributed by atoms with E-state index in [0.29, 0.717) is 19.1 Å². The molecule has 1 aliphatic rings. The number of hydrogen-bond acceptors (Lipinski definition) is 3. The number of anilines is 1. The standard InChI is InChI=1S/C21H28N4O/c1-2-13-22-21(23-14-12-20-11-7-16-26-20)24-18-8-6-15-25(17-18)19-9-4-3-5-10-19/h2-5,7,9-11,16,18H,1,6,8,12-15,17H2,(H2,22,23,24). The van der Waals surface area contributed by atoms with Crippen molar-refractivity contribution in [2.75, 3.05) is 31.1 Å². The summed E-state index contributed by atoms with van der Waals surface area (Å²) < 4.78 is 5.38. The molecule has 0 amide bonds. The molecule has 5 heteroatoms. The molecule has 3 rings (SSSR count). The lowest BCUT2D eigenvalue weighted by Gasteiger charge is -2.35. The number of para-hydroxylation sites is 1. The number of furan rings is 1. The average molecular weight is 352 g/mol. The highest BCUT2D eigenvalue weighted by Gasteiger charge is 2.20.